The highest BCUT2D eigenvalue weighted by Crippen LogP contribution is 2.26. The molecular weight excluding hydrogens is 342 g/mol. The fourth-order valence-electron chi connectivity index (χ4n) is 2.88. The Balaban J connectivity index is 2.03. The fraction of sp³-hybridized carbons (Fsp3) is 0.412. The van der Waals surface area contributed by atoms with Gasteiger partial charge in [0, 0.05) is 19.3 Å². The molecule has 0 saturated carbocycles. The third kappa shape index (κ3) is 3.82. The molecule has 0 aromatic carbocycles. The number of hydrogen-bond acceptors (Lipinski definition) is 5. The van der Waals surface area contributed by atoms with Crippen LogP contribution in [-0.2, 0) is 6.54 Å². The summed E-state index contributed by atoms with van der Waals surface area (Å²) in [5.74, 6) is 0.156. The van der Waals surface area contributed by atoms with Crippen LogP contribution in [0.3, 0.4) is 0 Å². The number of fused-ring (bicyclic) bond motifs is 1. The second kappa shape index (κ2) is 6.84. The summed E-state index contributed by atoms with van der Waals surface area (Å²) in [5.41, 5.74) is 0.153. The summed E-state index contributed by atoms with van der Waals surface area (Å²) in [5, 5.41) is 6.06. The predicted octanol–water partition coefficient (Wildman–Crippen LogP) is 2.59. The minimum Gasteiger partial charge on any atom is -0.350 e. The average molecular weight is 362 g/mol. The van der Waals surface area contributed by atoms with Crippen molar-refractivity contribution in [1.82, 2.24) is 19.9 Å². The van der Waals surface area contributed by atoms with Crippen LogP contribution in [0.1, 0.15) is 37.2 Å². The van der Waals surface area contributed by atoms with E-state index in [-0.39, 0.29) is 33.3 Å². The maximum Gasteiger partial charge on any atom is 0.274 e. The molecule has 7 nitrogen and oxygen atoms in total. The lowest BCUT2D eigenvalue weighted by Gasteiger charge is -2.23. The third-order valence-electron chi connectivity index (χ3n) is 4.27. The molecule has 0 bridgehead atoms. The van der Waals surface area contributed by atoms with Gasteiger partial charge in [-0.15, -0.1) is 0 Å². The Bertz CT molecular complexity index is 848. The topological polar surface area (TPSA) is 88.9 Å². The highest BCUT2D eigenvalue weighted by Gasteiger charge is 2.26. The van der Waals surface area contributed by atoms with Crippen molar-refractivity contribution in [1.29, 1.82) is 0 Å². The lowest BCUT2D eigenvalue weighted by molar-refractivity contribution is 0.0929. The minimum atomic E-state index is -0.328. The number of carbonyl (C=O) groups excluding carboxylic acids is 1. The number of halogens is 1. The molecule has 0 atom stereocenters. The van der Waals surface area contributed by atoms with Crippen LogP contribution in [-0.4, -0.2) is 27.0 Å². The number of hydrogen-bond donors (Lipinski definition) is 2. The summed E-state index contributed by atoms with van der Waals surface area (Å²) >= 11 is 6.34. The number of aromatic nitrogens is 3. The molecule has 0 fully saturated rings. The van der Waals surface area contributed by atoms with Crippen LogP contribution in [0.2, 0.25) is 5.02 Å². The van der Waals surface area contributed by atoms with Crippen molar-refractivity contribution in [2.45, 2.75) is 33.2 Å². The van der Waals surface area contributed by atoms with Crippen molar-refractivity contribution in [3.05, 3.63) is 45.7 Å². The van der Waals surface area contributed by atoms with Gasteiger partial charge in [-0.2, -0.15) is 0 Å². The maximum atomic E-state index is 12.9. The Labute approximate surface area is 150 Å². The van der Waals surface area contributed by atoms with E-state index in [1.807, 2.05) is 0 Å². The second-order valence-electron chi connectivity index (χ2n) is 6.88. The van der Waals surface area contributed by atoms with Crippen molar-refractivity contribution in [3.63, 3.8) is 0 Å². The smallest absolute Gasteiger partial charge is 0.274 e. The van der Waals surface area contributed by atoms with Gasteiger partial charge in [-0.3, -0.25) is 9.59 Å². The van der Waals surface area contributed by atoms with Gasteiger partial charge in [0.15, 0.2) is 0 Å². The first-order chi connectivity index (χ1) is 11.9. The van der Waals surface area contributed by atoms with Crippen molar-refractivity contribution >= 4 is 29.0 Å². The van der Waals surface area contributed by atoms with E-state index in [4.69, 9.17) is 11.6 Å². The fourth-order valence-corrected chi connectivity index (χ4v) is 3.17. The van der Waals surface area contributed by atoms with E-state index in [0.29, 0.717) is 18.9 Å². The van der Waals surface area contributed by atoms with Gasteiger partial charge in [0.25, 0.3) is 11.5 Å². The Morgan fingerprint density at radius 3 is 2.88 bits per heavy atom. The van der Waals surface area contributed by atoms with E-state index in [0.717, 1.165) is 12.8 Å². The number of nitrogens with one attached hydrogen (secondary N) is 2. The zero-order valence-corrected chi connectivity index (χ0v) is 14.9. The van der Waals surface area contributed by atoms with Gasteiger partial charge in [-0.25, -0.2) is 9.97 Å². The van der Waals surface area contributed by atoms with Crippen molar-refractivity contribution < 1.29 is 4.79 Å². The third-order valence-corrected chi connectivity index (χ3v) is 4.55. The normalized spacial score (nSPS) is 16.8. The molecular formula is C17H20ClN5O2. The van der Waals surface area contributed by atoms with Crippen molar-refractivity contribution in [2.75, 3.05) is 11.9 Å². The molecule has 1 aliphatic heterocycles. The van der Waals surface area contributed by atoms with Crippen LogP contribution in [0.5, 0.6) is 0 Å². The Kier molecular flexibility index (Phi) is 4.76. The van der Waals surface area contributed by atoms with Crippen molar-refractivity contribution in [2.24, 2.45) is 5.41 Å². The number of amides is 1. The van der Waals surface area contributed by atoms with Crippen LogP contribution in [0.15, 0.2) is 29.5 Å². The molecule has 0 saturated heterocycles. The Morgan fingerprint density at radius 2 is 2.16 bits per heavy atom. The summed E-state index contributed by atoms with van der Waals surface area (Å²) < 4.78 is 1.45. The number of rotatable bonds is 2. The molecule has 1 aliphatic rings. The molecule has 25 heavy (non-hydrogen) atoms. The van der Waals surface area contributed by atoms with E-state index in [2.05, 4.69) is 34.4 Å². The first kappa shape index (κ1) is 17.4. The highest BCUT2D eigenvalue weighted by molar-refractivity contribution is 6.33. The van der Waals surface area contributed by atoms with E-state index in [1.54, 1.807) is 12.3 Å². The van der Waals surface area contributed by atoms with E-state index in [1.165, 1.54) is 17.0 Å². The highest BCUT2D eigenvalue weighted by atomic mass is 35.5. The van der Waals surface area contributed by atoms with Gasteiger partial charge >= 0.3 is 0 Å². The lowest BCUT2D eigenvalue weighted by Crippen LogP contribution is -2.36. The molecule has 3 heterocycles. The van der Waals surface area contributed by atoms with Gasteiger partial charge in [-0.1, -0.05) is 25.4 Å². The Morgan fingerprint density at radius 1 is 1.36 bits per heavy atom. The van der Waals surface area contributed by atoms with Gasteiger partial charge in [0.1, 0.15) is 23.5 Å². The second-order valence-corrected chi connectivity index (χ2v) is 7.29. The summed E-state index contributed by atoms with van der Waals surface area (Å²) in [7, 11) is 0. The molecule has 0 spiro atoms. The summed E-state index contributed by atoms with van der Waals surface area (Å²) in [6.45, 7) is 5.16. The van der Waals surface area contributed by atoms with Crippen LogP contribution >= 0.6 is 11.6 Å². The van der Waals surface area contributed by atoms with Crippen molar-refractivity contribution in [3.8, 4) is 0 Å². The van der Waals surface area contributed by atoms with E-state index < -0.39 is 0 Å². The number of nitrogens with zero attached hydrogens (tertiary/aromatic N) is 3. The lowest BCUT2D eigenvalue weighted by atomic mass is 9.88. The van der Waals surface area contributed by atoms with Gasteiger partial charge in [0.05, 0.1) is 5.02 Å². The first-order valence-corrected chi connectivity index (χ1v) is 8.50. The molecule has 2 aromatic heterocycles. The molecule has 0 radical (unpaired) electrons. The van der Waals surface area contributed by atoms with E-state index >= 15 is 0 Å². The minimum absolute atomic E-state index is 0.0319. The number of pyridine rings is 1. The molecule has 132 valence electrons. The molecule has 1 amide bonds. The maximum absolute atomic E-state index is 12.9. The SMILES string of the molecule is CC1(C)CCCn2c(c(Cl)cc(Nc3ccncn3)c2=O)C(=O)NC1. The zero-order valence-electron chi connectivity index (χ0n) is 14.2. The van der Waals surface area contributed by atoms with Crippen LogP contribution in [0.25, 0.3) is 0 Å². The molecule has 0 aliphatic carbocycles. The first-order valence-electron chi connectivity index (χ1n) is 8.12. The molecule has 0 unspecified atom stereocenters. The van der Waals surface area contributed by atoms with Gasteiger partial charge in [0.2, 0.25) is 0 Å². The standard InChI is InChI=1S/C17H20ClN5O2/c1-17(2)5-3-7-23-14(15(24)20-9-17)11(18)8-12(16(23)25)22-13-4-6-19-10-21-13/h4,6,8,10H,3,5,7,9H2,1-2H3,(H,20,24)(H,19,21,22). The van der Waals surface area contributed by atoms with Crippen LogP contribution < -0.4 is 16.2 Å². The summed E-state index contributed by atoms with van der Waals surface area (Å²) in [6, 6.07) is 3.12. The monoisotopic (exact) mass is 361 g/mol. The van der Waals surface area contributed by atoms with Crippen LogP contribution in [0, 0.1) is 5.41 Å². The van der Waals surface area contributed by atoms with Crippen LogP contribution in [0.4, 0.5) is 11.5 Å². The molecule has 3 rings (SSSR count). The van der Waals surface area contributed by atoms with Gasteiger partial charge < -0.3 is 15.2 Å². The average Bonchev–Trinajstić information content (AvgIpc) is 2.63. The molecule has 2 N–H and O–H groups in total. The number of anilines is 2. The largest absolute Gasteiger partial charge is 0.350 e. The zero-order chi connectivity index (χ0) is 18.0. The number of carbonyl (C=O) groups is 1. The summed E-state index contributed by atoms with van der Waals surface area (Å²) in [6.07, 6.45) is 4.62. The van der Waals surface area contributed by atoms with Gasteiger partial charge in [-0.05, 0) is 30.4 Å². The predicted molar refractivity (Wildman–Crippen MR) is 96.4 cm³/mol. The molecule has 2 aromatic rings. The molecule has 8 heteroatoms. The van der Waals surface area contributed by atoms with E-state index in [9.17, 15) is 9.59 Å². The Hall–Kier alpha value is -2.41. The summed E-state index contributed by atoms with van der Waals surface area (Å²) in [4.78, 5) is 33.3. The quantitative estimate of drug-likeness (QED) is 0.858.